The number of hydrogen-bond acceptors (Lipinski definition) is 5. The first kappa shape index (κ1) is 15.2. The van der Waals surface area contributed by atoms with E-state index in [2.05, 4.69) is 20.2 Å². The maximum absolute atomic E-state index is 12.2. The molecule has 0 atom stereocenters. The summed E-state index contributed by atoms with van der Waals surface area (Å²) in [5.41, 5.74) is 2.70. The van der Waals surface area contributed by atoms with Gasteiger partial charge in [-0.15, -0.1) is 11.3 Å². The Morgan fingerprint density at radius 1 is 1.40 bits per heavy atom. The molecule has 8 heteroatoms. The van der Waals surface area contributed by atoms with Crippen molar-refractivity contribution in [3.8, 4) is 0 Å². The Balaban J connectivity index is 2.03. The van der Waals surface area contributed by atoms with Crippen molar-refractivity contribution >= 4 is 21.4 Å². The zero-order valence-corrected chi connectivity index (χ0v) is 13.1. The summed E-state index contributed by atoms with van der Waals surface area (Å²) < 4.78 is 27.3. The van der Waals surface area contributed by atoms with Gasteiger partial charge in [0, 0.05) is 24.3 Å². The van der Waals surface area contributed by atoms with Crippen LogP contribution in [0, 0.1) is 6.92 Å². The summed E-state index contributed by atoms with van der Waals surface area (Å²) in [7, 11) is -3.46. The molecule has 2 rings (SSSR count). The van der Waals surface area contributed by atoms with Gasteiger partial charge in [-0.1, -0.05) is 6.92 Å². The van der Waals surface area contributed by atoms with Crippen LogP contribution in [-0.2, 0) is 23.1 Å². The molecule has 2 aromatic rings. The molecule has 0 amide bonds. The van der Waals surface area contributed by atoms with Crippen LogP contribution in [0.2, 0.25) is 0 Å². The Bertz CT molecular complexity index is 661. The topological polar surface area (TPSA) is 86.9 Å². The Labute approximate surface area is 122 Å². The molecule has 0 aliphatic heterocycles. The quantitative estimate of drug-likeness (QED) is 0.720. The number of rotatable bonds is 7. The zero-order chi connectivity index (χ0) is 14.6. The lowest BCUT2D eigenvalue weighted by Gasteiger charge is -2.03. The Morgan fingerprint density at radius 3 is 2.85 bits per heavy atom. The van der Waals surface area contributed by atoms with E-state index in [1.165, 1.54) is 11.3 Å². The number of aromatic amines is 1. The van der Waals surface area contributed by atoms with E-state index in [0.717, 1.165) is 23.4 Å². The van der Waals surface area contributed by atoms with Crippen LogP contribution in [0.3, 0.4) is 0 Å². The lowest BCUT2D eigenvalue weighted by Crippen LogP contribution is -2.22. The summed E-state index contributed by atoms with van der Waals surface area (Å²) >= 11 is 1.23. The summed E-state index contributed by atoms with van der Waals surface area (Å²) in [6.07, 6.45) is 1.63. The molecular formula is C12H18N4O2S2. The molecule has 0 aromatic carbocycles. The maximum Gasteiger partial charge on any atom is 0.250 e. The second-order valence-corrected chi connectivity index (χ2v) is 7.30. The van der Waals surface area contributed by atoms with E-state index in [0.29, 0.717) is 10.8 Å². The minimum atomic E-state index is -3.46. The number of aromatic nitrogens is 2. The van der Waals surface area contributed by atoms with Gasteiger partial charge in [-0.25, -0.2) is 13.1 Å². The van der Waals surface area contributed by atoms with Crippen LogP contribution < -0.4 is 10.0 Å². The van der Waals surface area contributed by atoms with Crippen molar-refractivity contribution in [2.45, 2.75) is 31.1 Å². The van der Waals surface area contributed by atoms with Crippen LogP contribution >= 0.6 is 11.3 Å². The van der Waals surface area contributed by atoms with Crippen LogP contribution in [0.5, 0.6) is 0 Å². The molecule has 0 spiro atoms. The van der Waals surface area contributed by atoms with Crippen molar-refractivity contribution in [1.29, 1.82) is 0 Å². The zero-order valence-electron chi connectivity index (χ0n) is 11.4. The highest BCUT2D eigenvalue weighted by molar-refractivity contribution is 7.91. The number of sulfonamides is 1. The summed E-state index contributed by atoms with van der Waals surface area (Å²) in [4.78, 5) is 0. The lowest BCUT2D eigenvalue weighted by atomic mass is 10.3. The number of aryl methyl sites for hydroxylation is 1. The summed E-state index contributed by atoms with van der Waals surface area (Å²) in [6, 6.07) is 1.71. The highest BCUT2D eigenvalue weighted by Crippen LogP contribution is 2.20. The first-order chi connectivity index (χ1) is 9.53. The molecule has 0 fully saturated rings. The maximum atomic E-state index is 12.2. The van der Waals surface area contributed by atoms with Crippen LogP contribution in [0.15, 0.2) is 21.9 Å². The van der Waals surface area contributed by atoms with E-state index in [4.69, 9.17) is 0 Å². The number of nitrogens with one attached hydrogen (secondary N) is 3. The molecule has 2 aromatic heterocycles. The highest BCUT2D eigenvalue weighted by atomic mass is 32.2. The third kappa shape index (κ3) is 3.66. The lowest BCUT2D eigenvalue weighted by molar-refractivity contribution is 0.583. The summed E-state index contributed by atoms with van der Waals surface area (Å²) in [5.74, 6) is 0. The van der Waals surface area contributed by atoms with Gasteiger partial charge in [0.15, 0.2) is 0 Å². The SMILES string of the molecule is CCNCc1csc(S(=O)(=O)NCc2cn[nH]c2C)c1. The molecule has 0 aliphatic carbocycles. The molecule has 20 heavy (non-hydrogen) atoms. The van der Waals surface area contributed by atoms with Crippen LogP contribution in [0.25, 0.3) is 0 Å². The van der Waals surface area contributed by atoms with Crippen LogP contribution in [-0.4, -0.2) is 25.2 Å². The standard InChI is InChI=1S/C12H18N4O2S2/c1-3-13-5-10-4-12(19-8-10)20(17,18)15-7-11-6-14-16-9(11)2/h4,6,8,13,15H,3,5,7H2,1-2H3,(H,14,16). The van der Waals surface area contributed by atoms with E-state index in [9.17, 15) is 8.42 Å². The Hall–Kier alpha value is -1.22. The molecule has 0 saturated heterocycles. The van der Waals surface area contributed by atoms with Crippen molar-refractivity contribution in [2.24, 2.45) is 0 Å². The number of thiophene rings is 1. The molecule has 0 aliphatic rings. The minimum absolute atomic E-state index is 0.241. The van der Waals surface area contributed by atoms with Crippen LogP contribution in [0.1, 0.15) is 23.7 Å². The predicted octanol–water partition coefficient (Wildman–Crippen LogP) is 1.37. The molecule has 110 valence electrons. The van der Waals surface area contributed by atoms with Crippen molar-refractivity contribution in [3.05, 3.63) is 34.5 Å². The van der Waals surface area contributed by atoms with Gasteiger partial charge in [0.1, 0.15) is 4.21 Å². The number of nitrogens with zero attached hydrogens (tertiary/aromatic N) is 1. The van der Waals surface area contributed by atoms with E-state index in [1.54, 1.807) is 12.3 Å². The second-order valence-electron chi connectivity index (χ2n) is 4.40. The summed E-state index contributed by atoms with van der Waals surface area (Å²) in [6.45, 7) is 5.65. The molecule has 0 radical (unpaired) electrons. The van der Waals surface area contributed by atoms with Crippen molar-refractivity contribution in [3.63, 3.8) is 0 Å². The molecule has 0 unspecified atom stereocenters. The van der Waals surface area contributed by atoms with Crippen molar-refractivity contribution < 1.29 is 8.42 Å². The van der Waals surface area contributed by atoms with Crippen LogP contribution in [0.4, 0.5) is 0 Å². The second kappa shape index (κ2) is 6.49. The first-order valence-electron chi connectivity index (χ1n) is 6.29. The smallest absolute Gasteiger partial charge is 0.250 e. The predicted molar refractivity (Wildman–Crippen MR) is 79.0 cm³/mol. The molecule has 2 heterocycles. The van der Waals surface area contributed by atoms with Gasteiger partial charge in [-0.05, 0) is 30.5 Å². The Kier molecular flexibility index (Phi) is 4.92. The number of H-pyrrole nitrogens is 1. The van der Waals surface area contributed by atoms with Gasteiger partial charge >= 0.3 is 0 Å². The van der Waals surface area contributed by atoms with Gasteiger partial charge < -0.3 is 5.32 Å². The Morgan fingerprint density at radius 2 is 2.20 bits per heavy atom. The van der Waals surface area contributed by atoms with E-state index >= 15 is 0 Å². The molecule has 0 saturated carbocycles. The monoisotopic (exact) mass is 314 g/mol. The van der Waals surface area contributed by atoms with Gasteiger partial charge in [0.05, 0.1) is 6.20 Å². The fraction of sp³-hybridized carbons (Fsp3) is 0.417. The molecule has 6 nitrogen and oxygen atoms in total. The first-order valence-corrected chi connectivity index (χ1v) is 8.66. The van der Waals surface area contributed by atoms with E-state index in [-0.39, 0.29) is 6.54 Å². The van der Waals surface area contributed by atoms with Crippen molar-refractivity contribution in [2.75, 3.05) is 6.54 Å². The number of hydrogen-bond donors (Lipinski definition) is 3. The molecular weight excluding hydrogens is 296 g/mol. The molecule has 0 bridgehead atoms. The minimum Gasteiger partial charge on any atom is -0.313 e. The van der Waals surface area contributed by atoms with Gasteiger partial charge in [-0.2, -0.15) is 5.10 Å². The largest absolute Gasteiger partial charge is 0.313 e. The highest BCUT2D eigenvalue weighted by Gasteiger charge is 2.17. The third-order valence-corrected chi connectivity index (χ3v) is 5.75. The van der Waals surface area contributed by atoms with E-state index in [1.807, 2.05) is 19.2 Å². The molecule has 3 N–H and O–H groups in total. The van der Waals surface area contributed by atoms with Gasteiger partial charge in [-0.3, -0.25) is 5.10 Å². The fourth-order valence-electron chi connectivity index (χ4n) is 1.65. The average molecular weight is 314 g/mol. The van der Waals surface area contributed by atoms with E-state index < -0.39 is 10.0 Å². The summed E-state index contributed by atoms with van der Waals surface area (Å²) in [5, 5.41) is 11.7. The van der Waals surface area contributed by atoms with Gasteiger partial charge in [0.2, 0.25) is 10.0 Å². The average Bonchev–Trinajstić information content (AvgIpc) is 3.03. The van der Waals surface area contributed by atoms with Gasteiger partial charge in [0.25, 0.3) is 0 Å². The fourth-order valence-corrected chi connectivity index (χ4v) is 3.91. The van der Waals surface area contributed by atoms with Crippen molar-refractivity contribution in [1.82, 2.24) is 20.2 Å². The normalized spacial score (nSPS) is 11.9. The third-order valence-electron chi connectivity index (χ3n) is 2.86.